The summed E-state index contributed by atoms with van der Waals surface area (Å²) in [5, 5.41) is 20.0. The van der Waals surface area contributed by atoms with Crippen molar-refractivity contribution in [3.63, 3.8) is 0 Å². The van der Waals surface area contributed by atoms with Gasteiger partial charge in [-0.05, 0) is 36.8 Å². The second-order valence-electron chi connectivity index (χ2n) is 9.11. The maximum atomic E-state index is 10.9. The smallest absolute Gasteiger partial charge is 0.306 e. The van der Waals surface area contributed by atoms with Gasteiger partial charge in [0, 0.05) is 22.6 Å². The maximum absolute atomic E-state index is 10.9. The Morgan fingerprint density at radius 3 is 1.45 bits per heavy atom. The molecule has 1 aromatic rings. The lowest BCUT2D eigenvalue weighted by atomic mass is 9.79. The highest BCUT2D eigenvalue weighted by molar-refractivity contribution is 7.99. The molecule has 0 aliphatic heterocycles. The van der Waals surface area contributed by atoms with E-state index < -0.39 is 0 Å². The molecule has 1 rings (SSSR count). The Hall–Kier alpha value is -1.89. The van der Waals surface area contributed by atoms with Crippen LogP contribution in [0.5, 0.6) is 11.5 Å². The number of thioether (sulfide) groups is 1. The van der Waals surface area contributed by atoms with Gasteiger partial charge >= 0.3 is 11.9 Å². The van der Waals surface area contributed by atoms with Gasteiger partial charge in [0.25, 0.3) is 0 Å². The molecule has 6 nitrogen and oxygen atoms in total. The van der Waals surface area contributed by atoms with E-state index in [0.29, 0.717) is 43.3 Å². The van der Waals surface area contributed by atoms with Gasteiger partial charge in [0.15, 0.2) is 0 Å². The first-order valence-electron chi connectivity index (χ1n) is 10.7. The standard InChI is InChI=1S/C14H22O2.C10H18O4S/c1-13(2,3)10-7-9(15)8-11(12(10)16)14(4,5)6;1-3-13-9(11)5-7-15-8-6-10(12)14-4-2/h7-8,15-16H,1-6H3;3-8H2,1-2H3. The summed E-state index contributed by atoms with van der Waals surface area (Å²) in [7, 11) is 0. The molecular weight excluding hydrogens is 416 g/mol. The van der Waals surface area contributed by atoms with Crippen LogP contribution in [-0.2, 0) is 29.9 Å². The number of carbonyl (C=O) groups excluding carboxylic acids is 2. The van der Waals surface area contributed by atoms with Gasteiger partial charge in [0.1, 0.15) is 11.5 Å². The van der Waals surface area contributed by atoms with E-state index in [4.69, 9.17) is 9.47 Å². The number of carbonyl (C=O) groups is 2. The van der Waals surface area contributed by atoms with E-state index in [9.17, 15) is 19.8 Å². The Morgan fingerprint density at radius 2 is 1.16 bits per heavy atom. The molecule has 178 valence electrons. The average molecular weight is 457 g/mol. The molecule has 31 heavy (non-hydrogen) atoms. The third kappa shape index (κ3) is 11.9. The zero-order valence-electron chi connectivity index (χ0n) is 20.3. The van der Waals surface area contributed by atoms with E-state index in [1.807, 2.05) is 41.5 Å². The molecule has 0 aromatic heterocycles. The first kappa shape index (κ1) is 29.1. The van der Waals surface area contributed by atoms with E-state index in [1.54, 1.807) is 37.7 Å². The molecule has 0 radical (unpaired) electrons. The van der Waals surface area contributed by atoms with Gasteiger partial charge in [0.2, 0.25) is 0 Å². The Morgan fingerprint density at radius 1 is 0.806 bits per heavy atom. The molecule has 0 heterocycles. The maximum Gasteiger partial charge on any atom is 0.306 e. The number of hydrogen-bond donors (Lipinski definition) is 2. The summed E-state index contributed by atoms with van der Waals surface area (Å²) in [5.41, 5.74) is 1.22. The van der Waals surface area contributed by atoms with E-state index in [0.717, 1.165) is 11.1 Å². The highest BCUT2D eigenvalue weighted by atomic mass is 32.2. The van der Waals surface area contributed by atoms with Crippen LogP contribution in [0.25, 0.3) is 0 Å². The van der Waals surface area contributed by atoms with Crippen molar-refractivity contribution in [1.82, 2.24) is 0 Å². The lowest BCUT2D eigenvalue weighted by molar-refractivity contribution is -0.143. The first-order chi connectivity index (χ1) is 14.2. The van der Waals surface area contributed by atoms with Gasteiger partial charge in [-0.15, -0.1) is 0 Å². The van der Waals surface area contributed by atoms with Crippen LogP contribution < -0.4 is 0 Å². The molecule has 0 saturated carbocycles. The van der Waals surface area contributed by atoms with Crippen molar-refractivity contribution in [2.75, 3.05) is 24.7 Å². The predicted molar refractivity (Wildman–Crippen MR) is 127 cm³/mol. The van der Waals surface area contributed by atoms with E-state index >= 15 is 0 Å². The molecule has 2 N–H and O–H groups in total. The van der Waals surface area contributed by atoms with Crippen LogP contribution >= 0.6 is 11.8 Å². The second kappa shape index (κ2) is 13.5. The van der Waals surface area contributed by atoms with Crippen LogP contribution in [0, 0.1) is 0 Å². The lowest BCUT2D eigenvalue weighted by Gasteiger charge is -2.27. The molecule has 0 aliphatic carbocycles. The zero-order valence-corrected chi connectivity index (χ0v) is 21.1. The molecule has 0 unspecified atom stereocenters. The summed E-state index contributed by atoms with van der Waals surface area (Å²) >= 11 is 1.56. The molecule has 0 amide bonds. The summed E-state index contributed by atoms with van der Waals surface area (Å²) in [6.07, 6.45) is 0.808. The SMILES string of the molecule is CC(C)(C)c1cc(O)cc(C(C)(C)C)c1O.CCOC(=O)CCSCCC(=O)OCC. The highest BCUT2D eigenvalue weighted by Gasteiger charge is 2.26. The van der Waals surface area contributed by atoms with Crippen LogP contribution in [0.1, 0.15) is 79.4 Å². The Kier molecular flexibility index (Phi) is 12.7. The predicted octanol–water partition coefficient (Wildman–Crippen LogP) is 5.32. The van der Waals surface area contributed by atoms with E-state index in [-0.39, 0.29) is 28.5 Å². The van der Waals surface area contributed by atoms with Crippen LogP contribution in [0.2, 0.25) is 0 Å². The van der Waals surface area contributed by atoms with Gasteiger partial charge in [-0.25, -0.2) is 0 Å². The molecule has 0 fully saturated rings. The number of ether oxygens (including phenoxy) is 2. The van der Waals surface area contributed by atoms with Crippen molar-refractivity contribution in [3.8, 4) is 11.5 Å². The monoisotopic (exact) mass is 456 g/mol. The largest absolute Gasteiger partial charge is 0.508 e. The molecule has 0 saturated heterocycles. The van der Waals surface area contributed by atoms with Gasteiger partial charge in [-0.1, -0.05) is 41.5 Å². The molecule has 0 bridgehead atoms. The van der Waals surface area contributed by atoms with Crippen LogP contribution in [0.3, 0.4) is 0 Å². The van der Waals surface area contributed by atoms with Crippen molar-refractivity contribution in [3.05, 3.63) is 23.3 Å². The fraction of sp³-hybridized carbons (Fsp3) is 0.667. The zero-order chi connectivity index (χ0) is 24.2. The quantitative estimate of drug-likeness (QED) is 0.311. The van der Waals surface area contributed by atoms with Crippen LogP contribution in [0.15, 0.2) is 12.1 Å². The van der Waals surface area contributed by atoms with Crippen molar-refractivity contribution in [2.45, 2.75) is 79.1 Å². The summed E-state index contributed by atoms with van der Waals surface area (Å²) in [6, 6.07) is 3.29. The van der Waals surface area contributed by atoms with Crippen molar-refractivity contribution >= 4 is 23.7 Å². The van der Waals surface area contributed by atoms with Gasteiger partial charge in [-0.3, -0.25) is 9.59 Å². The normalized spacial score (nSPS) is 11.4. The number of hydrogen-bond acceptors (Lipinski definition) is 7. The third-order valence-electron chi connectivity index (χ3n) is 4.22. The van der Waals surface area contributed by atoms with Crippen molar-refractivity contribution < 1.29 is 29.3 Å². The van der Waals surface area contributed by atoms with Crippen LogP contribution in [0.4, 0.5) is 0 Å². The minimum atomic E-state index is -0.180. The summed E-state index contributed by atoms with van der Waals surface area (Å²) in [4.78, 5) is 21.8. The van der Waals surface area contributed by atoms with Crippen LogP contribution in [-0.4, -0.2) is 46.9 Å². The number of rotatable bonds is 8. The van der Waals surface area contributed by atoms with Crippen molar-refractivity contribution in [1.29, 1.82) is 0 Å². The fourth-order valence-electron chi connectivity index (χ4n) is 2.64. The summed E-state index contributed by atoms with van der Waals surface area (Å²) in [5.74, 6) is 1.55. The molecular formula is C24H40O6S. The molecule has 1 aromatic carbocycles. The van der Waals surface area contributed by atoms with Gasteiger partial charge < -0.3 is 19.7 Å². The van der Waals surface area contributed by atoms with E-state index in [2.05, 4.69) is 0 Å². The van der Waals surface area contributed by atoms with Gasteiger partial charge in [0.05, 0.1) is 26.1 Å². The highest BCUT2D eigenvalue weighted by Crippen LogP contribution is 2.41. The van der Waals surface area contributed by atoms with Gasteiger partial charge in [-0.2, -0.15) is 11.8 Å². The Bertz CT molecular complexity index is 646. The molecule has 0 spiro atoms. The number of phenols is 2. The molecule has 7 heteroatoms. The minimum Gasteiger partial charge on any atom is -0.508 e. The number of aromatic hydroxyl groups is 2. The first-order valence-corrected chi connectivity index (χ1v) is 11.8. The lowest BCUT2D eigenvalue weighted by Crippen LogP contribution is -2.16. The summed E-state index contributed by atoms with van der Waals surface area (Å²) in [6.45, 7) is 16.5. The average Bonchev–Trinajstić information content (AvgIpc) is 2.62. The molecule has 0 atom stereocenters. The Labute approximate surface area is 191 Å². The number of phenolic OH excluding ortho intramolecular Hbond substituents is 2. The summed E-state index contributed by atoms with van der Waals surface area (Å²) < 4.78 is 9.53. The number of esters is 2. The fourth-order valence-corrected chi connectivity index (χ4v) is 3.47. The van der Waals surface area contributed by atoms with E-state index in [1.165, 1.54) is 0 Å². The third-order valence-corrected chi connectivity index (χ3v) is 5.21. The Balaban J connectivity index is 0.000000582. The molecule has 0 aliphatic rings. The second-order valence-corrected chi connectivity index (χ2v) is 10.3. The number of benzene rings is 1. The van der Waals surface area contributed by atoms with Crippen molar-refractivity contribution in [2.24, 2.45) is 0 Å². The topological polar surface area (TPSA) is 93.1 Å². The minimum absolute atomic E-state index is 0.178.